The molecule has 7 nitrogen and oxygen atoms in total. The van der Waals surface area contributed by atoms with Crippen LogP contribution in [0.5, 0.6) is 0 Å². The zero-order valence-electron chi connectivity index (χ0n) is 15.2. The van der Waals surface area contributed by atoms with E-state index in [0.717, 1.165) is 17.7 Å². The van der Waals surface area contributed by atoms with E-state index in [1.165, 1.54) is 23.8 Å². The summed E-state index contributed by atoms with van der Waals surface area (Å²) < 4.78 is 61.7. The number of alkyl halides is 3. The quantitative estimate of drug-likeness (QED) is 0.629. The van der Waals surface area contributed by atoms with Crippen LogP contribution in [0.4, 0.5) is 18.9 Å². The molecule has 0 aliphatic rings. The van der Waals surface area contributed by atoms with Crippen LogP contribution < -0.4 is 15.4 Å². The largest absolute Gasteiger partial charge is 0.402 e. The summed E-state index contributed by atoms with van der Waals surface area (Å²) >= 11 is 0. The SMILES string of the molecule is CC(=O)NCc1ccc(C(=O)Nc2ccc(S(=O)(=O)NCC(F)(F)F)cc2)cc1. The molecule has 0 bridgehead atoms. The summed E-state index contributed by atoms with van der Waals surface area (Å²) in [4.78, 5) is 22.8. The normalized spacial score (nSPS) is 11.7. The van der Waals surface area contributed by atoms with E-state index < -0.39 is 28.7 Å². The first-order valence-corrected chi connectivity index (χ1v) is 9.76. The summed E-state index contributed by atoms with van der Waals surface area (Å²) in [6, 6.07) is 11.2. The van der Waals surface area contributed by atoms with Crippen molar-refractivity contribution in [3.05, 3.63) is 59.7 Å². The fourth-order valence-corrected chi connectivity index (χ4v) is 3.20. The van der Waals surface area contributed by atoms with Gasteiger partial charge in [0.1, 0.15) is 6.54 Å². The van der Waals surface area contributed by atoms with Crippen LogP contribution in [0.25, 0.3) is 0 Å². The molecule has 2 rings (SSSR count). The smallest absolute Gasteiger partial charge is 0.352 e. The lowest BCUT2D eigenvalue weighted by atomic mass is 10.1. The Morgan fingerprint density at radius 2 is 1.55 bits per heavy atom. The van der Waals surface area contributed by atoms with Crippen LogP contribution in [0.3, 0.4) is 0 Å². The number of amides is 2. The molecule has 11 heteroatoms. The van der Waals surface area contributed by atoms with Crippen LogP contribution in [0.2, 0.25) is 0 Å². The van der Waals surface area contributed by atoms with Gasteiger partial charge in [-0.25, -0.2) is 13.1 Å². The van der Waals surface area contributed by atoms with E-state index in [4.69, 9.17) is 0 Å². The Morgan fingerprint density at radius 1 is 0.966 bits per heavy atom. The summed E-state index contributed by atoms with van der Waals surface area (Å²) in [5, 5.41) is 5.19. The average Bonchev–Trinajstić information content (AvgIpc) is 2.65. The van der Waals surface area contributed by atoms with Crippen LogP contribution in [-0.2, 0) is 21.4 Å². The minimum Gasteiger partial charge on any atom is -0.352 e. The van der Waals surface area contributed by atoms with Gasteiger partial charge >= 0.3 is 6.18 Å². The molecule has 0 saturated heterocycles. The molecule has 0 saturated carbocycles. The molecule has 2 amide bonds. The minimum atomic E-state index is -4.67. The number of hydrogen-bond donors (Lipinski definition) is 3. The number of nitrogens with one attached hydrogen (secondary N) is 3. The molecule has 0 fully saturated rings. The summed E-state index contributed by atoms with van der Waals surface area (Å²) in [7, 11) is -4.32. The number of anilines is 1. The predicted octanol–water partition coefficient (Wildman–Crippen LogP) is 2.42. The predicted molar refractivity (Wildman–Crippen MR) is 99.6 cm³/mol. The van der Waals surface area contributed by atoms with Gasteiger partial charge in [0.25, 0.3) is 5.91 Å². The zero-order valence-corrected chi connectivity index (χ0v) is 16.0. The van der Waals surface area contributed by atoms with E-state index in [2.05, 4.69) is 10.6 Å². The van der Waals surface area contributed by atoms with Crippen molar-refractivity contribution < 1.29 is 31.2 Å². The van der Waals surface area contributed by atoms with Crippen molar-refractivity contribution in [3.63, 3.8) is 0 Å². The number of benzene rings is 2. The van der Waals surface area contributed by atoms with Gasteiger partial charge in [-0.3, -0.25) is 9.59 Å². The molecule has 0 atom stereocenters. The first-order chi connectivity index (χ1) is 13.5. The second-order valence-corrected chi connectivity index (χ2v) is 7.79. The van der Waals surface area contributed by atoms with Crippen molar-refractivity contribution in [2.24, 2.45) is 0 Å². The highest BCUT2D eigenvalue weighted by Gasteiger charge is 2.30. The Kier molecular flexibility index (Phi) is 6.98. The van der Waals surface area contributed by atoms with Crippen LogP contribution >= 0.6 is 0 Å². The molecule has 2 aromatic carbocycles. The molecule has 0 unspecified atom stereocenters. The Bertz CT molecular complexity index is 973. The molecule has 156 valence electrons. The lowest BCUT2D eigenvalue weighted by Crippen LogP contribution is -2.33. The monoisotopic (exact) mass is 429 g/mol. The van der Waals surface area contributed by atoms with Crippen molar-refractivity contribution >= 4 is 27.5 Å². The summed E-state index contributed by atoms with van der Waals surface area (Å²) in [5.74, 6) is -0.632. The molecule has 0 heterocycles. The fraction of sp³-hybridized carbons (Fsp3) is 0.222. The number of halogens is 3. The number of hydrogen-bond acceptors (Lipinski definition) is 4. The van der Waals surface area contributed by atoms with Crippen molar-refractivity contribution in [3.8, 4) is 0 Å². The first kappa shape index (κ1) is 22.4. The second kappa shape index (κ2) is 9.05. The van der Waals surface area contributed by atoms with Gasteiger partial charge in [0.15, 0.2) is 0 Å². The Hall–Kier alpha value is -2.92. The number of sulfonamides is 1. The van der Waals surface area contributed by atoms with E-state index in [9.17, 15) is 31.2 Å². The van der Waals surface area contributed by atoms with E-state index in [0.29, 0.717) is 12.1 Å². The average molecular weight is 429 g/mol. The standard InChI is InChI=1S/C18H18F3N3O4S/c1-12(25)22-10-13-2-4-14(5-3-13)17(26)24-15-6-8-16(9-7-15)29(27,28)23-11-18(19,20)21/h2-9,23H,10-11H2,1H3,(H,22,25)(H,24,26). The highest BCUT2D eigenvalue weighted by Crippen LogP contribution is 2.18. The fourth-order valence-electron chi connectivity index (χ4n) is 2.18. The van der Waals surface area contributed by atoms with E-state index in [1.807, 2.05) is 0 Å². The third-order valence-corrected chi connectivity index (χ3v) is 5.06. The van der Waals surface area contributed by atoms with Gasteiger partial charge < -0.3 is 10.6 Å². The molecule has 29 heavy (non-hydrogen) atoms. The maximum absolute atomic E-state index is 12.2. The molecule has 0 aliphatic carbocycles. The van der Waals surface area contributed by atoms with Crippen molar-refractivity contribution in [1.29, 1.82) is 0 Å². The van der Waals surface area contributed by atoms with Gasteiger partial charge in [-0.2, -0.15) is 13.2 Å². The lowest BCUT2D eigenvalue weighted by molar-refractivity contribution is -0.121. The summed E-state index contributed by atoms with van der Waals surface area (Å²) in [6.45, 7) is 0.0476. The third kappa shape index (κ3) is 7.20. The van der Waals surface area contributed by atoms with E-state index in [-0.39, 0.29) is 16.5 Å². The maximum Gasteiger partial charge on any atom is 0.402 e. The molecule has 3 N–H and O–H groups in total. The van der Waals surface area contributed by atoms with Crippen LogP contribution in [-0.4, -0.2) is 33.0 Å². The topological polar surface area (TPSA) is 104 Å². The molecule has 0 aromatic heterocycles. The number of rotatable bonds is 7. The molecule has 0 spiro atoms. The van der Waals surface area contributed by atoms with Gasteiger partial charge in [-0.15, -0.1) is 0 Å². The molecule has 0 radical (unpaired) electrons. The van der Waals surface area contributed by atoms with Gasteiger partial charge in [-0.1, -0.05) is 12.1 Å². The van der Waals surface area contributed by atoms with E-state index >= 15 is 0 Å². The highest BCUT2D eigenvalue weighted by molar-refractivity contribution is 7.89. The summed E-state index contributed by atoms with van der Waals surface area (Å²) in [6.07, 6.45) is -4.67. The second-order valence-electron chi connectivity index (χ2n) is 6.02. The number of carbonyl (C=O) groups is 2. The Morgan fingerprint density at radius 3 is 2.07 bits per heavy atom. The highest BCUT2D eigenvalue weighted by atomic mass is 32.2. The van der Waals surface area contributed by atoms with Gasteiger partial charge in [0.05, 0.1) is 4.90 Å². The minimum absolute atomic E-state index is 0.175. The molecule has 0 aliphatic heterocycles. The Labute approximate surface area is 165 Å². The Balaban J connectivity index is 2.00. The van der Waals surface area contributed by atoms with E-state index in [1.54, 1.807) is 24.3 Å². The van der Waals surface area contributed by atoms with Gasteiger partial charge in [0, 0.05) is 24.7 Å². The van der Waals surface area contributed by atoms with Crippen LogP contribution in [0.1, 0.15) is 22.8 Å². The lowest BCUT2D eigenvalue weighted by Gasteiger charge is -2.10. The van der Waals surface area contributed by atoms with Gasteiger partial charge in [-0.05, 0) is 42.0 Å². The maximum atomic E-state index is 12.2. The van der Waals surface area contributed by atoms with Crippen molar-refractivity contribution in [1.82, 2.24) is 10.0 Å². The molecular formula is C18H18F3N3O4S. The van der Waals surface area contributed by atoms with Crippen molar-refractivity contribution in [2.75, 3.05) is 11.9 Å². The van der Waals surface area contributed by atoms with Crippen molar-refractivity contribution in [2.45, 2.75) is 24.5 Å². The molecule has 2 aromatic rings. The first-order valence-electron chi connectivity index (χ1n) is 8.27. The third-order valence-electron chi connectivity index (χ3n) is 3.64. The number of carbonyl (C=O) groups excluding carboxylic acids is 2. The van der Waals surface area contributed by atoms with Crippen LogP contribution in [0.15, 0.2) is 53.4 Å². The zero-order chi connectivity index (χ0) is 21.7. The summed E-state index contributed by atoms with van der Waals surface area (Å²) in [5.41, 5.74) is 1.41. The van der Waals surface area contributed by atoms with Gasteiger partial charge in [0.2, 0.25) is 15.9 Å². The molecular weight excluding hydrogens is 411 g/mol. The van der Waals surface area contributed by atoms with Crippen LogP contribution in [0, 0.1) is 0 Å².